The van der Waals surface area contributed by atoms with Crippen LogP contribution in [0.25, 0.3) is 0 Å². The van der Waals surface area contributed by atoms with Crippen molar-refractivity contribution in [2.24, 2.45) is 10.9 Å². The van der Waals surface area contributed by atoms with E-state index in [9.17, 15) is 9.18 Å². The molecular weight excluding hydrogens is 361 g/mol. The Morgan fingerprint density at radius 1 is 1.65 bits per heavy atom. The molecule has 2 heterocycles. The number of nitrogens with one attached hydrogen (secondary N) is 1. The molecule has 0 saturated carbocycles. The van der Waals surface area contributed by atoms with Gasteiger partial charge in [0.05, 0.1) is 16.9 Å². The Bertz CT molecular complexity index is 674. The van der Waals surface area contributed by atoms with Crippen LogP contribution in [0.3, 0.4) is 0 Å². The SMILES string of the molecule is CC1CC2NS/C(=N\c3cc(SCC(=O)O)c(Cl)cc3F)N2C1. The van der Waals surface area contributed by atoms with Gasteiger partial charge < -0.3 is 10.0 Å². The van der Waals surface area contributed by atoms with Crippen molar-refractivity contribution in [2.45, 2.75) is 24.4 Å². The Hall–Kier alpha value is -0.960. The highest BCUT2D eigenvalue weighted by Gasteiger charge is 2.37. The van der Waals surface area contributed by atoms with Crippen molar-refractivity contribution in [3.8, 4) is 0 Å². The number of carboxylic acids is 1. The maximum Gasteiger partial charge on any atom is 0.313 e. The molecule has 124 valence electrons. The molecule has 1 aromatic carbocycles. The quantitative estimate of drug-likeness (QED) is 0.619. The lowest BCUT2D eigenvalue weighted by molar-refractivity contribution is -0.133. The van der Waals surface area contributed by atoms with Crippen molar-refractivity contribution < 1.29 is 14.3 Å². The number of benzene rings is 1. The van der Waals surface area contributed by atoms with E-state index in [4.69, 9.17) is 16.7 Å². The number of rotatable bonds is 4. The van der Waals surface area contributed by atoms with Gasteiger partial charge in [0.25, 0.3) is 0 Å². The average Bonchev–Trinajstić information content (AvgIpc) is 3.00. The van der Waals surface area contributed by atoms with Gasteiger partial charge in [-0.15, -0.1) is 11.8 Å². The minimum absolute atomic E-state index is 0.136. The summed E-state index contributed by atoms with van der Waals surface area (Å²) in [5, 5.41) is 9.69. The fraction of sp³-hybridized carbons (Fsp3) is 0.429. The van der Waals surface area contributed by atoms with Crippen LogP contribution < -0.4 is 4.72 Å². The van der Waals surface area contributed by atoms with Crippen molar-refractivity contribution in [3.63, 3.8) is 0 Å². The Morgan fingerprint density at radius 3 is 3.17 bits per heavy atom. The zero-order valence-electron chi connectivity index (χ0n) is 12.3. The smallest absolute Gasteiger partial charge is 0.313 e. The fourth-order valence-electron chi connectivity index (χ4n) is 2.59. The lowest BCUT2D eigenvalue weighted by Crippen LogP contribution is -2.30. The number of nitrogens with zero attached hydrogens (tertiary/aromatic N) is 2. The highest BCUT2D eigenvalue weighted by molar-refractivity contribution is 8.12. The summed E-state index contributed by atoms with van der Waals surface area (Å²) in [4.78, 5) is 17.7. The van der Waals surface area contributed by atoms with Crippen LogP contribution in [0.15, 0.2) is 22.0 Å². The van der Waals surface area contributed by atoms with E-state index in [1.54, 1.807) is 0 Å². The molecule has 9 heteroatoms. The second-order valence-corrected chi connectivity index (χ2v) is 7.77. The number of aliphatic imine (C=N–C) groups is 1. The van der Waals surface area contributed by atoms with Crippen molar-refractivity contribution >= 4 is 52.1 Å². The highest BCUT2D eigenvalue weighted by atomic mass is 35.5. The monoisotopic (exact) mass is 375 g/mol. The summed E-state index contributed by atoms with van der Waals surface area (Å²) in [7, 11) is 0. The Kier molecular flexibility index (Phi) is 5.05. The first-order chi connectivity index (χ1) is 10.9. The summed E-state index contributed by atoms with van der Waals surface area (Å²) < 4.78 is 17.4. The summed E-state index contributed by atoms with van der Waals surface area (Å²) in [6.07, 6.45) is 1.28. The molecule has 1 aromatic rings. The molecule has 5 nitrogen and oxygen atoms in total. The summed E-state index contributed by atoms with van der Waals surface area (Å²) in [5.74, 6) is -1.04. The number of fused-ring (bicyclic) bond motifs is 1. The van der Waals surface area contributed by atoms with Crippen LogP contribution in [-0.2, 0) is 4.79 Å². The molecular formula is C14H15ClFN3O2S2. The molecule has 2 aliphatic heterocycles. The average molecular weight is 376 g/mol. The molecule has 0 aromatic heterocycles. The zero-order chi connectivity index (χ0) is 16.6. The van der Waals surface area contributed by atoms with Gasteiger partial charge in [0.15, 0.2) is 5.17 Å². The van der Waals surface area contributed by atoms with E-state index < -0.39 is 11.8 Å². The van der Waals surface area contributed by atoms with E-state index >= 15 is 0 Å². The van der Waals surface area contributed by atoms with Crippen LogP contribution in [-0.4, -0.2) is 39.6 Å². The van der Waals surface area contributed by atoms with E-state index in [1.165, 1.54) is 24.1 Å². The van der Waals surface area contributed by atoms with Crippen LogP contribution >= 0.6 is 35.3 Å². The summed E-state index contributed by atoms with van der Waals surface area (Å²) in [6.45, 7) is 3.06. The molecule has 2 atom stereocenters. The van der Waals surface area contributed by atoms with Crippen molar-refractivity contribution in [1.82, 2.24) is 9.62 Å². The maximum atomic E-state index is 14.1. The van der Waals surface area contributed by atoms with E-state index in [-0.39, 0.29) is 22.6 Å². The second kappa shape index (κ2) is 6.88. The van der Waals surface area contributed by atoms with Crippen molar-refractivity contribution in [2.75, 3.05) is 12.3 Å². The van der Waals surface area contributed by atoms with Gasteiger partial charge in [-0.1, -0.05) is 18.5 Å². The number of thioether (sulfide) groups is 1. The summed E-state index contributed by atoms with van der Waals surface area (Å²) in [5.41, 5.74) is 0.173. The molecule has 2 aliphatic rings. The van der Waals surface area contributed by atoms with Crippen LogP contribution in [0.1, 0.15) is 13.3 Å². The topological polar surface area (TPSA) is 64.9 Å². The number of amidine groups is 1. The minimum Gasteiger partial charge on any atom is -0.481 e. The van der Waals surface area contributed by atoms with Gasteiger partial charge >= 0.3 is 5.97 Å². The summed E-state index contributed by atoms with van der Waals surface area (Å²) >= 11 is 8.43. The van der Waals surface area contributed by atoms with E-state index in [1.807, 2.05) is 0 Å². The molecule has 0 spiro atoms. The van der Waals surface area contributed by atoms with E-state index in [0.717, 1.165) is 29.9 Å². The maximum absolute atomic E-state index is 14.1. The fourth-order valence-corrected chi connectivity index (χ4v) is 4.51. The van der Waals surface area contributed by atoms with Gasteiger partial charge in [-0.2, -0.15) is 0 Å². The van der Waals surface area contributed by atoms with Gasteiger partial charge in [0.2, 0.25) is 0 Å². The lowest BCUT2D eigenvalue weighted by atomic mass is 10.1. The van der Waals surface area contributed by atoms with Crippen LogP contribution in [0.5, 0.6) is 0 Å². The Labute approximate surface area is 146 Å². The molecule has 23 heavy (non-hydrogen) atoms. The first kappa shape index (κ1) is 16.9. The molecule has 0 amide bonds. The molecule has 3 rings (SSSR count). The minimum atomic E-state index is -0.951. The standard InChI is InChI=1S/C14H15ClFN3O2S2/c1-7-2-12-18-23-14(19(12)5-7)17-10-4-11(22-6-13(20)21)8(15)3-9(10)16/h3-4,7,12,18H,2,5-6H2,1H3,(H,20,21)/b17-14-. The van der Waals surface area contributed by atoms with Crippen LogP contribution in [0, 0.1) is 11.7 Å². The lowest BCUT2D eigenvalue weighted by Gasteiger charge is -2.15. The third-order valence-electron chi connectivity index (χ3n) is 3.61. The van der Waals surface area contributed by atoms with Crippen molar-refractivity contribution in [1.29, 1.82) is 0 Å². The normalized spacial score (nSPS) is 25.2. The van der Waals surface area contributed by atoms with E-state index in [0.29, 0.717) is 10.8 Å². The van der Waals surface area contributed by atoms with Gasteiger partial charge in [-0.05, 0) is 36.4 Å². The largest absolute Gasteiger partial charge is 0.481 e. The number of carbonyl (C=O) groups is 1. The first-order valence-corrected chi connectivity index (χ1v) is 9.23. The van der Waals surface area contributed by atoms with Gasteiger partial charge in [-0.25, -0.2) is 14.1 Å². The summed E-state index contributed by atoms with van der Waals surface area (Å²) in [6, 6.07) is 2.69. The Balaban J connectivity index is 1.86. The number of hydrogen-bond donors (Lipinski definition) is 2. The van der Waals surface area contributed by atoms with Gasteiger partial charge in [0.1, 0.15) is 11.5 Å². The molecule has 2 unspecified atom stereocenters. The molecule has 0 radical (unpaired) electrons. The van der Waals surface area contributed by atoms with Gasteiger partial charge in [0, 0.05) is 11.4 Å². The number of carboxylic acid groups (broad SMARTS) is 1. The third kappa shape index (κ3) is 3.76. The second-order valence-electron chi connectivity index (χ2n) is 5.54. The Morgan fingerprint density at radius 2 is 2.43 bits per heavy atom. The van der Waals surface area contributed by atoms with E-state index in [2.05, 4.69) is 21.5 Å². The van der Waals surface area contributed by atoms with Crippen molar-refractivity contribution in [3.05, 3.63) is 23.0 Å². The molecule has 2 fully saturated rings. The molecule has 2 saturated heterocycles. The predicted octanol–water partition coefficient (Wildman–Crippen LogP) is 3.56. The number of hydrogen-bond acceptors (Lipinski definition) is 5. The number of aliphatic carboxylic acids is 1. The third-order valence-corrected chi connectivity index (χ3v) is 5.97. The van der Waals surface area contributed by atoms with Crippen LogP contribution in [0.4, 0.5) is 10.1 Å². The molecule has 0 aliphatic carbocycles. The highest BCUT2D eigenvalue weighted by Crippen LogP contribution is 2.36. The predicted molar refractivity (Wildman–Crippen MR) is 91.9 cm³/mol. The first-order valence-electron chi connectivity index (χ1n) is 7.05. The molecule has 0 bridgehead atoms. The molecule has 2 N–H and O–H groups in total. The number of halogens is 2. The van der Waals surface area contributed by atoms with Crippen LogP contribution in [0.2, 0.25) is 5.02 Å². The zero-order valence-corrected chi connectivity index (χ0v) is 14.6. The van der Waals surface area contributed by atoms with Gasteiger partial charge in [-0.3, -0.25) is 4.79 Å².